The van der Waals surface area contributed by atoms with Crippen LogP contribution in [0.15, 0.2) is 41.3 Å². The van der Waals surface area contributed by atoms with E-state index in [0.29, 0.717) is 5.39 Å². The van der Waals surface area contributed by atoms with Crippen molar-refractivity contribution in [3.63, 3.8) is 0 Å². The molecule has 0 atom stereocenters. The summed E-state index contributed by atoms with van der Waals surface area (Å²) in [6, 6.07) is 10.8. The molecule has 1 N–H and O–H groups in total. The van der Waals surface area contributed by atoms with Gasteiger partial charge in [-0.25, -0.2) is 13.1 Å². The summed E-state index contributed by atoms with van der Waals surface area (Å²) in [4.78, 5) is 14.4. The SMILES string of the molecule is CCCCCCCCCCCCCCCC(=O)NS(=O)(=O)c1cccc2c(N(C)C)cccc12. The van der Waals surface area contributed by atoms with Crippen LogP contribution in [0.3, 0.4) is 0 Å². The molecule has 0 aliphatic heterocycles. The molecule has 0 saturated carbocycles. The Kier molecular flexibility index (Phi) is 12.4. The van der Waals surface area contributed by atoms with Gasteiger partial charge in [-0.15, -0.1) is 0 Å². The van der Waals surface area contributed by atoms with Gasteiger partial charge in [0.25, 0.3) is 10.0 Å². The highest BCUT2D eigenvalue weighted by atomic mass is 32.2. The normalized spacial score (nSPS) is 11.6. The van der Waals surface area contributed by atoms with E-state index in [1.807, 2.05) is 37.2 Å². The molecule has 0 bridgehead atoms. The molecule has 0 unspecified atom stereocenters. The molecule has 0 aliphatic carbocycles. The molecular weight excluding hydrogens is 444 g/mol. The minimum atomic E-state index is -3.91. The first kappa shape index (κ1) is 28.2. The Morgan fingerprint density at radius 3 is 1.79 bits per heavy atom. The van der Waals surface area contributed by atoms with Crippen LogP contribution >= 0.6 is 0 Å². The van der Waals surface area contributed by atoms with Gasteiger partial charge in [0.15, 0.2) is 0 Å². The Hall–Kier alpha value is -2.08. The van der Waals surface area contributed by atoms with Crippen LogP contribution < -0.4 is 9.62 Å². The van der Waals surface area contributed by atoms with Crippen LogP contribution in [0.2, 0.25) is 0 Å². The van der Waals surface area contributed by atoms with Gasteiger partial charge in [0, 0.05) is 37.0 Å². The Bertz CT molecular complexity index is 986. The number of benzene rings is 2. The first-order valence-corrected chi connectivity index (χ1v) is 14.6. The van der Waals surface area contributed by atoms with Gasteiger partial charge in [-0.3, -0.25) is 4.79 Å². The van der Waals surface area contributed by atoms with Crippen molar-refractivity contribution in [1.82, 2.24) is 4.72 Å². The van der Waals surface area contributed by atoms with Gasteiger partial charge in [0.2, 0.25) is 5.91 Å². The van der Waals surface area contributed by atoms with Crippen molar-refractivity contribution >= 4 is 32.4 Å². The van der Waals surface area contributed by atoms with Crippen molar-refractivity contribution in [2.75, 3.05) is 19.0 Å². The summed E-state index contributed by atoms with van der Waals surface area (Å²) in [5, 5.41) is 1.47. The topological polar surface area (TPSA) is 66.5 Å². The van der Waals surface area contributed by atoms with E-state index >= 15 is 0 Å². The zero-order valence-corrected chi connectivity index (χ0v) is 22.3. The molecule has 1 amide bonds. The number of fused-ring (bicyclic) bond motifs is 1. The fraction of sp³-hybridized carbons (Fsp3) is 0.607. The minimum Gasteiger partial charge on any atom is -0.377 e. The number of amides is 1. The zero-order valence-electron chi connectivity index (χ0n) is 21.4. The molecule has 34 heavy (non-hydrogen) atoms. The number of carbonyl (C=O) groups excluding carboxylic acids is 1. The zero-order chi connectivity index (χ0) is 24.8. The second kappa shape index (κ2) is 15.0. The number of unbranched alkanes of at least 4 members (excludes halogenated alkanes) is 12. The van der Waals surface area contributed by atoms with Crippen molar-refractivity contribution in [3.05, 3.63) is 36.4 Å². The van der Waals surface area contributed by atoms with E-state index in [-0.39, 0.29) is 11.3 Å². The molecule has 0 heterocycles. The van der Waals surface area contributed by atoms with Crippen molar-refractivity contribution in [2.45, 2.75) is 102 Å². The molecule has 2 rings (SSSR count). The molecule has 0 fully saturated rings. The number of hydrogen-bond acceptors (Lipinski definition) is 4. The summed E-state index contributed by atoms with van der Waals surface area (Å²) in [6.07, 6.45) is 16.3. The van der Waals surface area contributed by atoms with E-state index in [0.717, 1.165) is 30.3 Å². The van der Waals surface area contributed by atoms with Gasteiger partial charge in [-0.2, -0.15) is 0 Å². The van der Waals surface area contributed by atoms with E-state index < -0.39 is 15.9 Å². The van der Waals surface area contributed by atoms with E-state index in [2.05, 4.69) is 11.6 Å². The van der Waals surface area contributed by atoms with Gasteiger partial charge in [-0.1, -0.05) is 108 Å². The molecule has 6 heteroatoms. The standard InChI is InChI=1S/C28H44N2O3S/c1-4-5-6-7-8-9-10-11-12-13-14-15-16-23-28(31)29-34(32,33)27-22-18-19-24-25(27)20-17-21-26(24)30(2)3/h17-22H,4-16,23H2,1-3H3,(H,29,31). The lowest BCUT2D eigenvalue weighted by Gasteiger charge is -2.17. The van der Waals surface area contributed by atoms with Gasteiger partial charge in [0.1, 0.15) is 0 Å². The third-order valence-corrected chi connectivity index (χ3v) is 7.82. The third kappa shape index (κ3) is 9.28. The predicted molar refractivity (Wildman–Crippen MR) is 144 cm³/mol. The molecule has 0 spiro atoms. The molecule has 190 valence electrons. The second-order valence-corrected chi connectivity index (χ2v) is 11.2. The summed E-state index contributed by atoms with van der Waals surface area (Å²) in [6.45, 7) is 2.25. The van der Waals surface area contributed by atoms with Crippen LogP contribution in [0.4, 0.5) is 5.69 Å². The molecule has 2 aromatic rings. The summed E-state index contributed by atoms with van der Waals surface area (Å²) in [5.74, 6) is -0.427. The number of nitrogens with one attached hydrogen (secondary N) is 1. The van der Waals surface area contributed by atoms with Gasteiger partial charge < -0.3 is 4.90 Å². The molecular formula is C28H44N2O3S. The lowest BCUT2D eigenvalue weighted by molar-refractivity contribution is -0.119. The van der Waals surface area contributed by atoms with Crippen LogP contribution in [-0.4, -0.2) is 28.4 Å². The molecule has 5 nitrogen and oxygen atoms in total. The minimum absolute atomic E-state index is 0.146. The highest BCUT2D eigenvalue weighted by Gasteiger charge is 2.20. The third-order valence-electron chi connectivity index (χ3n) is 6.39. The monoisotopic (exact) mass is 488 g/mol. The van der Waals surface area contributed by atoms with E-state index in [1.54, 1.807) is 18.2 Å². The number of carbonyl (C=O) groups is 1. The number of rotatable bonds is 17. The number of anilines is 1. The summed E-state index contributed by atoms with van der Waals surface area (Å²) < 4.78 is 28.1. The lowest BCUT2D eigenvalue weighted by Crippen LogP contribution is -2.30. The average Bonchev–Trinajstić information content (AvgIpc) is 2.80. The molecule has 0 aliphatic rings. The molecule has 0 saturated heterocycles. The quantitative estimate of drug-likeness (QED) is 0.239. The Morgan fingerprint density at radius 2 is 1.24 bits per heavy atom. The predicted octanol–water partition coefficient (Wildman–Crippen LogP) is 7.19. The Balaban J connectivity index is 1.69. The molecule has 0 aromatic heterocycles. The highest BCUT2D eigenvalue weighted by Crippen LogP contribution is 2.30. The van der Waals surface area contributed by atoms with Crippen molar-refractivity contribution < 1.29 is 13.2 Å². The van der Waals surface area contributed by atoms with Crippen LogP contribution in [0.5, 0.6) is 0 Å². The van der Waals surface area contributed by atoms with Crippen LogP contribution in [-0.2, 0) is 14.8 Å². The maximum atomic E-state index is 12.9. The van der Waals surface area contributed by atoms with Crippen LogP contribution in [0, 0.1) is 0 Å². The Labute approximate surface area is 207 Å². The van der Waals surface area contributed by atoms with Crippen molar-refractivity contribution in [2.24, 2.45) is 0 Å². The van der Waals surface area contributed by atoms with Crippen LogP contribution in [0.25, 0.3) is 10.8 Å². The maximum Gasteiger partial charge on any atom is 0.264 e. The summed E-state index contributed by atoms with van der Waals surface area (Å²) >= 11 is 0. The van der Waals surface area contributed by atoms with Gasteiger partial charge in [-0.05, 0) is 18.6 Å². The fourth-order valence-electron chi connectivity index (χ4n) is 4.45. The largest absolute Gasteiger partial charge is 0.377 e. The van der Waals surface area contributed by atoms with Crippen molar-refractivity contribution in [1.29, 1.82) is 0 Å². The number of sulfonamides is 1. The molecule has 0 radical (unpaired) electrons. The van der Waals surface area contributed by atoms with Gasteiger partial charge in [0.05, 0.1) is 4.90 Å². The van der Waals surface area contributed by atoms with Crippen LogP contribution in [0.1, 0.15) is 96.8 Å². The highest BCUT2D eigenvalue weighted by molar-refractivity contribution is 7.90. The summed E-state index contributed by atoms with van der Waals surface area (Å²) in [7, 11) is -0.0667. The summed E-state index contributed by atoms with van der Waals surface area (Å²) in [5.41, 5.74) is 0.938. The first-order chi connectivity index (χ1) is 16.4. The Morgan fingerprint density at radius 1 is 0.735 bits per heavy atom. The van der Waals surface area contributed by atoms with E-state index in [4.69, 9.17) is 0 Å². The average molecular weight is 489 g/mol. The molecule has 2 aromatic carbocycles. The maximum absolute atomic E-state index is 12.9. The first-order valence-electron chi connectivity index (χ1n) is 13.1. The van der Waals surface area contributed by atoms with Gasteiger partial charge >= 0.3 is 0 Å². The number of hydrogen-bond donors (Lipinski definition) is 1. The van der Waals surface area contributed by atoms with E-state index in [9.17, 15) is 13.2 Å². The fourth-order valence-corrected chi connectivity index (χ4v) is 5.69. The van der Waals surface area contributed by atoms with Crippen molar-refractivity contribution in [3.8, 4) is 0 Å². The second-order valence-electron chi connectivity index (χ2n) is 9.54. The smallest absolute Gasteiger partial charge is 0.264 e. The van der Waals surface area contributed by atoms with E-state index in [1.165, 1.54) is 64.2 Å². The number of nitrogens with zero attached hydrogens (tertiary/aromatic N) is 1. The lowest BCUT2D eigenvalue weighted by atomic mass is 10.0.